The van der Waals surface area contributed by atoms with Crippen LogP contribution in [0.2, 0.25) is 0 Å². The number of hydrogen-bond donors (Lipinski definition) is 0. The van der Waals surface area contributed by atoms with Crippen LogP contribution in [-0.2, 0) is 4.79 Å². The van der Waals surface area contributed by atoms with E-state index in [9.17, 15) is 4.79 Å². The highest BCUT2D eigenvalue weighted by Crippen LogP contribution is 2.27. The minimum atomic E-state index is -0.186. The number of hydrazine groups is 1. The van der Waals surface area contributed by atoms with Gasteiger partial charge < -0.3 is 0 Å². The molecule has 0 N–H and O–H groups in total. The Hall–Kier alpha value is -2.95. The summed E-state index contributed by atoms with van der Waals surface area (Å²) in [6.45, 7) is 3.53. The molecular weight excluding hydrogens is 312 g/mol. The van der Waals surface area contributed by atoms with Gasteiger partial charge in [0.2, 0.25) is 5.91 Å². The number of carbonyl (C=O) groups excluding carboxylic acids is 1. The van der Waals surface area contributed by atoms with Crippen molar-refractivity contribution in [2.75, 3.05) is 14.1 Å². The van der Waals surface area contributed by atoms with Gasteiger partial charge >= 0.3 is 0 Å². The van der Waals surface area contributed by atoms with Crippen molar-refractivity contribution < 1.29 is 4.79 Å². The second-order valence-corrected chi connectivity index (χ2v) is 6.07. The lowest BCUT2D eigenvalue weighted by molar-refractivity contribution is -0.136. The Labute approximate surface area is 148 Å². The number of fused-ring (bicyclic) bond motifs is 1. The fourth-order valence-corrected chi connectivity index (χ4v) is 2.84. The van der Waals surface area contributed by atoms with Crippen LogP contribution in [0.4, 0.5) is 5.69 Å². The minimum absolute atomic E-state index is 0.0535. The molecule has 2 aromatic rings. The molecular formula is C20H22N4O. The molecule has 0 saturated carbocycles. The summed E-state index contributed by atoms with van der Waals surface area (Å²) < 4.78 is 0. The number of aliphatic imine (C=N–C) groups is 2. The number of amides is 1. The van der Waals surface area contributed by atoms with Crippen molar-refractivity contribution in [1.82, 2.24) is 10.0 Å². The molecule has 0 spiro atoms. The van der Waals surface area contributed by atoms with E-state index in [0.717, 1.165) is 28.4 Å². The number of amidine groups is 1. The maximum Gasteiger partial charge on any atom is 0.237 e. The van der Waals surface area contributed by atoms with Crippen LogP contribution in [0.1, 0.15) is 25.0 Å². The second-order valence-electron chi connectivity index (χ2n) is 6.07. The molecule has 1 heterocycles. The Morgan fingerprint density at radius 2 is 1.64 bits per heavy atom. The zero-order valence-corrected chi connectivity index (χ0v) is 15.0. The van der Waals surface area contributed by atoms with E-state index in [1.54, 1.807) is 17.1 Å². The fourth-order valence-electron chi connectivity index (χ4n) is 2.84. The van der Waals surface area contributed by atoms with Gasteiger partial charge in [-0.3, -0.25) is 19.8 Å². The van der Waals surface area contributed by atoms with Gasteiger partial charge in [-0.15, -0.1) is 0 Å². The molecule has 0 fully saturated rings. The number of hydrogen-bond acceptors (Lipinski definition) is 4. The molecule has 1 aliphatic heterocycles. The first-order valence-electron chi connectivity index (χ1n) is 8.28. The molecule has 5 nitrogen and oxygen atoms in total. The largest absolute Gasteiger partial charge is 0.273 e. The summed E-state index contributed by atoms with van der Waals surface area (Å²) in [5, 5.41) is 3.31. The maximum absolute atomic E-state index is 11.7. The van der Waals surface area contributed by atoms with Gasteiger partial charge in [0.1, 0.15) is 11.9 Å². The SMILES string of the molecule is CC(=O)N(C)N(C)C1=Nc2ccccc2C(c2ccccc2)=NC1C. The fraction of sp³-hybridized carbons (Fsp3) is 0.250. The predicted molar refractivity (Wildman–Crippen MR) is 101 cm³/mol. The van der Waals surface area contributed by atoms with E-state index in [2.05, 4.69) is 12.1 Å². The zero-order chi connectivity index (χ0) is 18.0. The van der Waals surface area contributed by atoms with Gasteiger partial charge in [0, 0.05) is 32.1 Å². The molecule has 0 radical (unpaired) electrons. The van der Waals surface area contributed by atoms with Gasteiger partial charge in [-0.25, -0.2) is 4.99 Å². The summed E-state index contributed by atoms with van der Waals surface area (Å²) in [7, 11) is 3.57. The normalized spacial score (nSPS) is 16.2. The number of para-hydroxylation sites is 1. The summed E-state index contributed by atoms with van der Waals surface area (Å²) in [6.07, 6.45) is 0. The van der Waals surface area contributed by atoms with Gasteiger partial charge in [-0.2, -0.15) is 0 Å². The molecule has 0 aromatic heterocycles. The molecule has 1 aliphatic rings. The second kappa shape index (κ2) is 6.89. The number of likely N-dealkylation sites (N-methyl/N-ethyl adjacent to an activating group) is 1. The van der Waals surface area contributed by atoms with Crippen molar-refractivity contribution >= 4 is 23.1 Å². The van der Waals surface area contributed by atoms with Gasteiger partial charge in [-0.05, 0) is 13.0 Å². The van der Waals surface area contributed by atoms with Crippen LogP contribution in [-0.4, -0.2) is 47.6 Å². The Morgan fingerprint density at radius 1 is 1.00 bits per heavy atom. The maximum atomic E-state index is 11.7. The molecule has 3 rings (SSSR count). The Balaban J connectivity index is 2.13. The Kier molecular flexibility index (Phi) is 4.65. The first-order chi connectivity index (χ1) is 12.0. The van der Waals surface area contributed by atoms with Crippen LogP contribution in [0.5, 0.6) is 0 Å². The third kappa shape index (κ3) is 3.31. The zero-order valence-electron chi connectivity index (χ0n) is 15.0. The van der Waals surface area contributed by atoms with Crippen molar-refractivity contribution in [2.45, 2.75) is 19.9 Å². The van der Waals surface area contributed by atoms with Crippen LogP contribution in [0, 0.1) is 0 Å². The highest BCUT2D eigenvalue weighted by Gasteiger charge is 2.25. The smallest absolute Gasteiger partial charge is 0.237 e. The molecule has 1 atom stereocenters. The lowest BCUT2D eigenvalue weighted by Gasteiger charge is -2.31. The van der Waals surface area contributed by atoms with Crippen molar-refractivity contribution in [3.05, 3.63) is 65.7 Å². The first-order valence-corrected chi connectivity index (χ1v) is 8.28. The van der Waals surface area contributed by atoms with Crippen LogP contribution >= 0.6 is 0 Å². The summed E-state index contributed by atoms with van der Waals surface area (Å²) in [6, 6.07) is 17.9. The Morgan fingerprint density at radius 3 is 2.32 bits per heavy atom. The molecule has 1 amide bonds. The number of rotatable bonds is 1. The third-order valence-electron chi connectivity index (χ3n) is 4.38. The summed E-state index contributed by atoms with van der Waals surface area (Å²) >= 11 is 0. The minimum Gasteiger partial charge on any atom is -0.273 e. The van der Waals surface area contributed by atoms with E-state index < -0.39 is 0 Å². The van der Waals surface area contributed by atoms with Crippen LogP contribution < -0.4 is 0 Å². The van der Waals surface area contributed by atoms with Gasteiger partial charge in [-0.1, -0.05) is 48.5 Å². The number of benzene rings is 2. The van der Waals surface area contributed by atoms with E-state index in [4.69, 9.17) is 9.98 Å². The number of nitrogens with zero attached hydrogens (tertiary/aromatic N) is 4. The van der Waals surface area contributed by atoms with Crippen LogP contribution in [0.3, 0.4) is 0 Å². The molecule has 0 aliphatic carbocycles. The molecule has 128 valence electrons. The van der Waals surface area contributed by atoms with Gasteiger partial charge in [0.25, 0.3) is 0 Å². The van der Waals surface area contributed by atoms with Gasteiger partial charge in [0.15, 0.2) is 0 Å². The van der Waals surface area contributed by atoms with E-state index in [0.29, 0.717) is 0 Å². The summed E-state index contributed by atoms with van der Waals surface area (Å²) in [4.78, 5) is 21.5. The first kappa shape index (κ1) is 16.9. The van der Waals surface area contributed by atoms with Crippen molar-refractivity contribution in [1.29, 1.82) is 0 Å². The van der Waals surface area contributed by atoms with Crippen LogP contribution in [0.15, 0.2) is 64.6 Å². The van der Waals surface area contributed by atoms with Crippen LogP contribution in [0.25, 0.3) is 0 Å². The molecule has 25 heavy (non-hydrogen) atoms. The van der Waals surface area contributed by atoms with E-state index in [1.807, 2.05) is 56.4 Å². The van der Waals surface area contributed by atoms with Crippen molar-refractivity contribution in [3.63, 3.8) is 0 Å². The topological polar surface area (TPSA) is 48.3 Å². The average molecular weight is 334 g/mol. The van der Waals surface area contributed by atoms with Gasteiger partial charge in [0.05, 0.1) is 11.4 Å². The number of carbonyl (C=O) groups is 1. The van der Waals surface area contributed by atoms with Crippen molar-refractivity contribution in [3.8, 4) is 0 Å². The molecule has 0 bridgehead atoms. The monoisotopic (exact) mass is 334 g/mol. The Bertz CT molecular complexity index is 842. The molecule has 0 saturated heterocycles. The van der Waals surface area contributed by atoms with Crippen molar-refractivity contribution in [2.24, 2.45) is 9.98 Å². The quantitative estimate of drug-likeness (QED) is 0.752. The average Bonchev–Trinajstić information content (AvgIpc) is 2.78. The molecule has 1 unspecified atom stereocenters. The van der Waals surface area contributed by atoms with E-state index >= 15 is 0 Å². The predicted octanol–water partition coefficient (Wildman–Crippen LogP) is 3.28. The lowest BCUT2D eigenvalue weighted by Crippen LogP contribution is -2.47. The summed E-state index contributed by atoms with van der Waals surface area (Å²) in [5.74, 6) is 0.679. The highest BCUT2D eigenvalue weighted by atomic mass is 16.2. The van der Waals surface area contributed by atoms with E-state index in [-0.39, 0.29) is 11.9 Å². The van der Waals surface area contributed by atoms with E-state index in [1.165, 1.54) is 6.92 Å². The summed E-state index contributed by atoms with van der Waals surface area (Å²) in [5.41, 5.74) is 3.82. The highest BCUT2D eigenvalue weighted by molar-refractivity contribution is 6.17. The third-order valence-corrected chi connectivity index (χ3v) is 4.38. The molecule has 5 heteroatoms. The molecule has 2 aromatic carbocycles. The lowest BCUT2D eigenvalue weighted by atomic mass is 10.0. The standard InChI is InChI=1S/C20H22N4O/c1-14-20(24(4)23(3)15(2)25)22-18-13-9-8-12-17(18)19(21-14)16-10-6-5-7-11-16/h5-14H,1-4H3.